The predicted molar refractivity (Wildman–Crippen MR) is 94.3 cm³/mol. The number of benzene rings is 2. The van der Waals surface area contributed by atoms with Crippen molar-refractivity contribution in [2.24, 2.45) is 0 Å². The summed E-state index contributed by atoms with van der Waals surface area (Å²) in [6.45, 7) is 3.56. The van der Waals surface area contributed by atoms with Crippen molar-refractivity contribution in [3.05, 3.63) is 71.8 Å². The van der Waals surface area contributed by atoms with Crippen LogP contribution in [-0.2, 0) is 32.2 Å². The van der Waals surface area contributed by atoms with E-state index in [1.54, 1.807) is 6.92 Å². The molecule has 0 aliphatic carbocycles. The van der Waals surface area contributed by atoms with Gasteiger partial charge in [-0.25, -0.2) is 9.86 Å². The average molecular weight is 341 g/mol. The molecule has 0 fully saturated rings. The summed E-state index contributed by atoms with van der Waals surface area (Å²) in [6, 6.07) is 18.1. The van der Waals surface area contributed by atoms with E-state index in [4.69, 9.17) is 9.57 Å². The molecule has 5 heteroatoms. The van der Waals surface area contributed by atoms with Gasteiger partial charge in [0.1, 0.15) is 6.61 Å². The molecule has 132 valence electrons. The van der Waals surface area contributed by atoms with Crippen LogP contribution in [0, 0.1) is 0 Å². The first-order valence-electron chi connectivity index (χ1n) is 8.29. The second kappa shape index (κ2) is 9.59. The van der Waals surface area contributed by atoms with Crippen LogP contribution in [0.1, 0.15) is 25.0 Å². The Morgan fingerprint density at radius 3 is 2.04 bits per heavy atom. The minimum atomic E-state index is -0.830. The van der Waals surface area contributed by atoms with Gasteiger partial charge in [-0.2, -0.15) is 0 Å². The fraction of sp³-hybridized carbons (Fsp3) is 0.300. The second-order valence-electron chi connectivity index (χ2n) is 5.56. The molecule has 0 saturated heterocycles. The maximum Gasteiger partial charge on any atom is 0.331 e. The van der Waals surface area contributed by atoms with Gasteiger partial charge in [-0.05, 0) is 18.1 Å². The lowest BCUT2D eigenvalue weighted by molar-refractivity contribution is -0.211. The minimum absolute atomic E-state index is 0.200. The zero-order chi connectivity index (χ0) is 18.1. The van der Waals surface area contributed by atoms with Crippen LogP contribution >= 0.6 is 0 Å². The molecule has 0 saturated carbocycles. The molecule has 1 amide bonds. The molecule has 1 unspecified atom stereocenters. The maximum absolute atomic E-state index is 12.4. The van der Waals surface area contributed by atoms with Crippen molar-refractivity contribution < 1.29 is 19.2 Å². The molecule has 5 nitrogen and oxygen atoms in total. The molecule has 2 aromatic carbocycles. The Labute approximate surface area is 148 Å². The number of hydroxylamine groups is 2. The maximum atomic E-state index is 12.4. The Morgan fingerprint density at radius 2 is 1.52 bits per heavy atom. The molecule has 2 rings (SSSR count). The van der Waals surface area contributed by atoms with Gasteiger partial charge in [0.15, 0.2) is 6.04 Å². The highest BCUT2D eigenvalue weighted by molar-refractivity contribution is 5.82. The number of esters is 1. The fourth-order valence-electron chi connectivity index (χ4n) is 2.46. The number of hydrogen-bond donors (Lipinski definition) is 0. The number of nitrogens with zero attached hydrogens (tertiary/aromatic N) is 1. The first-order valence-corrected chi connectivity index (χ1v) is 8.29. The molecule has 0 heterocycles. The van der Waals surface area contributed by atoms with Gasteiger partial charge in [0.2, 0.25) is 5.91 Å². The number of carbonyl (C=O) groups excluding carboxylic acids is 2. The Balaban J connectivity index is 2.17. The van der Waals surface area contributed by atoms with Crippen molar-refractivity contribution in [1.82, 2.24) is 5.06 Å². The number of rotatable bonds is 8. The van der Waals surface area contributed by atoms with Crippen molar-refractivity contribution in [3.8, 4) is 0 Å². The summed E-state index contributed by atoms with van der Waals surface area (Å²) >= 11 is 0. The highest BCUT2D eigenvalue weighted by Crippen LogP contribution is 2.14. The van der Waals surface area contributed by atoms with Gasteiger partial charge < -0.3 is 4.74 Å². The Morgan fingerprint density at radius 1 is 0.960 bits per heavy atom. The van der Waals surface area contributed by atoms with Gasteiger partial charge in [0, 0.05) is 13.3 Å². The van der Waals surface area contributed by atoms with E-state index in [0.717, 1.165) is 16.2 Å². The molecule has 2 aromatic rings. The van der Waals surface area contributed by atoms with Crippen LogP contribution < -0.4 is 0 Å². The Bertz CT molecular complexity index is 673. The van der Waals surface area contributed by atoms with Crippen LogP contribution in [0.4, 0.5) is 0 Å². The van der Waals surface area contributed by atoms with E-state index in [1.165, 1.54) is 6.92 Å². The van der Waals surface area contributed by atoms with Crippen molar-refractivity contribution >= 4 is 11.9 Å². The zero-order valence-electron chi connectivity index (χ0n) is 14.6. The third-order valence-corrected chi connectivity index (χ3v) is 3.64. The van der Waals surface area contributed by atoms with Gasteiger partial charge in [0.05, 0.1) is 6.61 Å². The zero-order valence-corrected chi connectivity index (χ0v) is 14.6. The van der Waals surface area contributed by atoms with Crippen molar-refractivity contribution in [3.63, 3.8) is 0 Å². The Hall–Kier alpha value is -2.66. The van der Waals surface area contributed by atoms with E-state index in [0.29, 0.717) is 6.42 Å². The molecule has 25 heavy (non-hydrogen) atoms. The van der Waals surface area contributed by atoms with E-state index in [-0.39, 0.29) is 19.1 Å². The largest absolute Gasteiger partial charge is 0.464 e. The van der Waals surface area contributed by atoms with Crippen molar-refractivity contribution in [2.75, 3.05) is 6.61 Å². The first kappa shape index (κ1) is 18.7. The molecule has 0 bridgehead atoms. The van der Waals surface area contributed by atoms with E-state index in [9.17, 15) is 9.59 Å². The minimum Gasteiger partial charge on any atom is -0.464 e. The first-order chi connectivity index (χ1) is 12.1. The fourth-order valence-corrected chi connectivity index (χ4v) is 2.46. The van der Waals surface area contributed by atoms with E-state index >= 15 is 0 Å². The van der Waals surface area contributed by atoms with Crippen molar-refractivity contribution in [2.45, 2.75) is 32.9 Å². The molecule has 1 atom stereocenters. The van der Waals surface area contributed by atoms with Crippen LogP contribution in [0.15, 0.2) is 60.7 Å². The van der Waals surface area contributed by atoms with Crippen molar-refractivity contribution in [1.29, 1.82) is 0 Å². The summed E-state index contributed by atoms with van der Waals surface area (Å²) in [5.74, 6) is -0.820. The average Bonchev–Trinajstić information content (AvgIpc) is 2.62. The number of hydrogen-bond acceptors (Lipinski definition) is 4. The van der Waals surface area contributed by atoms with Crippen LogP contribution in [-0.4, -0.2) is 29.6 Å². The lowest BCUT2D eigenvalue weighted by atomic mass is 10.1. The second-order valence-corrected chi connectivity index (χ2v) is 5.56. The molecule has 0 aromatic heterocycles. The number of carbonyl (C=O) groups is 2. The summed E-state index contributed by atoms with van der Waals surface area (Å²) in [6.07, 6.45) is 0.327. The van der Waals surface area contributed by atoms with Gasteiger partial charge in [-0.3, -0.25) is 9.63 Å². The van der Waals surface area contributed by atoms with Crippen LogP contribution in [0.5, 0.6) is 0 Å². The summed E-state index contributed by atoms with van der Waals surface area (Å²) in [4.78, 5) is 30.2. The summed E-state index contributed by atoms with van der Waals surface area (Å²) in [7, 11) is 0. The Kier molecular flexibility index (Phi) is 7.16. The third-order valence-electron chi connectivity index (χ3n) is 3.64. The van der Waals surface area contributed by atoms with Gasteiger partial charge in [-0.15, -0.1) is 0 Å². The molecular weight excluding hydrogens is 318 g/mol. The van der Waals surface area contributed by atoms with E-state index in [2.05, 4.69) is 0 Å². The summed E-state index contributed by atoms with van der Waals surface area (Å²) < 4.78 is 5.15. The van der Waals surface area contributed by atoms with Gasteiger partial charge in [0.25, 0.3) is 0 Å². The molecular formula is C20H23NO4. The topological polar surface area (TPSA) is 55.8 Å². The molecule has 0 aliphatic heterocycles. The molecule has 0 aliphatic rings. The highest BCUT2D eigenvalue weighted by atomic mass is 16.7. The van der Waals surface area contributed by atoms with Gasteiger partial charge in [-0.1, -0.05) is 60.7 Å². The summed E-state index contributed by atoms with van der Waals surface area (Å²) in [5, 5.41) is 1.12. The lowest BCUT2D eigenvalue weighted by Crippen LogP contribution is -2.46. The van der Waals surface area contributed by atoms with E-state index < -0.39 is 12.0 Å². The molecule has 0 N–H and O–H groups in total. The number of amides is 1. The highest BCUT2D eigenvalue weighted by Gasteiger charge is 2.31. The predicted octanol–water partition coefficient (Wildman–Crippen LogP) is 3.14. The lowest BCUT2D eigenvalue weighted by Gasteiger charge is -2.28. The number of ether oxygens (including phenoxy) is 1. The smallest absolute Gasteiger partial charge is 0.331 e. The van der Waals surface area contributed by atoms with Crippen LogP contribution in [0.2, 0.25) is 0 Å². The van der Waals surface area contributed by atoms with Crippen LogP contribution in [0.25, 0.3) is 0 Å². The van der Waals surface area contributed by atoms with Gasteiger partial charge >= 0.3 is 5.97 Å². The monoisotopic (exact) mass is 341 g/mol. The SMILES string of the molecule is CCOC(=O)C(Cc1ccccc1)N(OCc1ccccc1)C(C)=O. The summed E-state index contributed by atoms with van der Waals surface area (Å²) in [5.41, 5.74) is 1.84. The third kappa shape index (κ3) is 5.72. The standard InChI is InChI=1S/C20H23NO4/c1-3-24-20(23)19(14-17-10-6-4-7-11-17)21(16(2)22)25-15-18-12-8-5-9-13-18/h4-13,19H,3,14-15H2,1-2H3. The molecule has 0 radical (unpaired) electrons. The van der Waals surface area contributed by atoms with Crippen LogP contribution in [0.3, 0.4) is 0 Å². The normalized spacial score (nSPS) is 11.6. The van der Waals surface area contributed by atoms with E-state index in [1.807, 2.05) is 60.7 Å². The quantitative estimate of drug-likeness (QED) is 0.547. The molecule has 0 spiro atoms.